The second-order valence-corrected chi connectivity index (χ2v) is 12.0. The molecule has 1 N–H and O–H groups in total. The fourth-order valence-corrected chi connectivity index (χ4v) is 5.79. The summed E-state index contributed by atoms with van der Waals surface area (Å²) in [6.45, 7) is 7.65. The van der Waals surface area contributed by atoms with Gasteiger partial charge in [-0.15, -0.1) is 0 Å². The summed E-state index contributed by atoms with van der Waals surface area (Å²) in [5.74, 6) is -2.54. The normalized spacial score (nSPS) is 24.7. The van der Waals surface area contributed by atoms with Gasteiger partial charge in [0.1, 0.15) is 23.0 Å². The number of anilines is 1. The van der Waals surface area contributed by atoms with Crippen LogP contribution in [0.25, 0.3) is 10.9 Å². The van der Waals surface area contributed by atoms with E-state index in [4.69, 9.17) is 9.47 Å². The van der Waals surface area contributed by atoms with Crippen molar-refractivity contribution in [3.05, 3.63) is 33.9 Å². The lowest BCUT2D eigenvalue weighted by Crippen LogP contribution is -2.54. The van der Waals surface area contributed by atoms with Crippen LogP contribution in [-0.4, -0.2) is 61.6 Å². The SMILES string of the molecule is COc1c(N2CC3(CC3)C(C)(NC(=O)OC(C)(C)C)C2)c(F)cc2c(=O)c(C(=O)OB(F)F)cn([C@@H]3C[C@@H]3F)c12. The Hall–Kier alpha value is -3.45. The predicted octanol–water partition coefficient (Wildman–Crippen LogP) is 4.40. The van der Waals surface area contributed by atoms with Crippen molar-refractivity contribution in [1.82, 2.24) is 9.88 Å². The summed E-state index contributed by atoms with van der Waals surface area (Å²) in [5.41, 5.74) is -3.65. The molecule has 14 heteroatoms. The van der Waals surface area contributed by atoms with Crippen molar-refractivity contribution in [3.8, 4) is 5.75 Å². The van der Waals surface area contributed by atoms with E-state index in [9.17, 15) is 27.4 Å². The van der Waals surface area contributed by atoms with Crippen molar-refractivity contribution in [1.29, 1.82) is 0 Å². The Bertz CT molecular complexity index is 1460. The fraction of sp³-hybridized carbons (Fsp3) is 0.577. The number of pyridine rings is 1. The molecule has 1 amide bonds. The van der Waals surface area contributed by atoms with Gasteiger partial charge in [0, 0.05) is 31.1 Å². The number of amides is 1. The Morgan fingerprint density at radius 2 is 1.85 bits per heavy atom. The van der Waals surface area contributed by atoms with E-state index < -0.39 is 59.7 Å². The van der Waals surface area contributed by atoms with Crippen LogP contribution in [-0.2, 0) is 9.39 Å². The van der Waals surface area contributed by atoms with Gasteiger partial charge in [0.05, 0.1) is 29.6 Å². The van der Waals surface area contributed by atoms with E-state index in [0.29, 0.717) is 6.54 Å². The van der Waals surface area contributed by atoms with Gasteiger partial charge in [-0.1, -0.05) is 0 Å². The summed E-state index contributed by atoms with van der Waals surface area (Å²) < 4.78 is 71.8. The molecule has 1 spiro atoms. The van der Waals surface area contributed by atoms with Crippen LogP contribution in [0.1, 0.15) is 63.4 Å². The van der Waals surface area contributed by atoms with Gasteiger partial charge in [-0.05, 0) is 46.6 Å². The molecule has 2 aliphatic carbocycles. The zero-order valence-electron chi connectivity index (χ0n) is 22.8. The van der Waals surface area contributed by atoms with Crippen LogP contribution in [0.3, 0.4) is 0 Å². The summed E-state index contributed by atoms with van der Waals surface area (Å²) in [6, 6.07) is 0.0815. The third kappa shape index (κ3) is 4.74. The topological polar surface area (TPSA) is 99.1 Å². The third-order valence-corrected chi connectivity index (χ3v) is 7.97. The Morgan fingerprint density at radius 3 is 2.38 bits per heavy atom. The van der Waals surface area contributed by atoms with Crippen LogP contribution in [0.5, 0.6) is 5.75 Å². The average Bonchev–Trinajstić information content (AvgIpc) is 3.72. The van der Waals surface area contributed by atoms with Crippen molar-refractivity contribution in [3.63, 3.8) is 0 Å². The molecule has 1 saturated heterocycles. The number of hydrogen-bond donors (Lipinski definition) is 1. The predicted molar refractivity (Wildman–Crippen MR) is 138 cm³/mol. The molecule has 216 valence electrons. The van der Waals surface area contributed by atoms with Crippen LogP contribution in [0.4, 0.5) is 27.9 Å². The Kier molecular flexibility index (Phi) is 6.53. The number of rotatable bonds is 6. The molecular formula is C26H30BF4N3O6. The van der Waals surface area contributed by atoms with E-state index in [0.717, 1.165) is 25.1 Å². The highest BCUT2D eigenvalue weighted by atomic mass is 19.2. The lowest BCUT2D eigenvalue weighted by atomic mass is 9.86. The first-order valence-electron chi connectivity index (χ1n) is 12.9. The van der Waals surface area contributed by atoms with E-state index in [1.807, 2.05) is 6.92 Å². The van der Waals surface area contributed by atoms with Crippen LogP contribution >= 0.6 is 0 Å². The van der Waals surface area contributed by atoms with E-state index in [-0.39, 0.29) is 40.7 Å². The average molecular weight is 567 g/mol. The van der Waals surface area contributed by atoms with Gasteiger partial charge in [-0.25, -0.2) is 27.0 Å². The molecule has 9 nitrogen and oxygen atoms in total. The summed E-state index contributed by atoms with van der Waals surface area (Å²) in [6.07, 6.45) is 0.629. The van der Waals surface area contributed by atoms with E-state index in [2.05, 4.69) is 9.97 Å². The number of nitrogens with zero attached hydrogens (tertiary/aromatic N) is 2. The second-order valence-electron chi connectivity index (χ2n) is 12.0. The largest absolute Gasteiger partial charge is 0.798 e. The van der Waals surface area contributed by atoms with Gasteiger partial charge in [0.25, 0.3) is 0 Å². The van der Waals surface area contributed by atoms with Gasteiger partial charge < -0.3 is 28.9 Å². The summed E-state index contributed by atoms with van der Waals surface area (Å²) in [4.78, 5) is 39.8. The number of nitrogens with one attached hydrogen (secondary N) is 1. The molecule has 0 bridgehead atoms. The zero-order valence-corrected chi connectivity index (χ0v) is 22.8. The lowest BCUT2D eigenvalue weighted by molar-refractivity contribution is 0.0439. The number of benzene rings is 1. The molecule has 1 aromatic heterocycles. The standard InChI is InChI=1S/C26H30BF4N3O6/c1-24(2,3)39-23(37)32-25(4)11-33(12-26(25)6-7-26)19-16(29)8-13-18(21(19)38-5)34(17-9-15(17)28)10-14(20(13)35)22(36)40-27(30)31/h8,10,15,17H,6-7,9,11-12H2,1-5H3,(H,32,37)/t15-,17+,25?/m0/s1. The third-order valence-electron chi connectivity index (χ3n) is 7.97. The molecule has 3 fully saturated rings. The van der Waals surface area contributed by atoms with Crippen LogP contribution in [0, 0.1) is 11.2 Å². The van der Waals surface area contributed by atoms with Crippen LogP contribution in [0.2, 0.25) is 0 Å². The first kappa shape index (κ1) is 28.1. The molecule has 3 aliphatic rings. The molecular weight excluding hydrogens is 537 g/mol. The van der Waals surface area contributed by atoms with Gasteiger partial charge in [-0.2, -0.15) is 0 Å². The molecule has 1 aromatic carbocycles. The minimum absolute atomic E-state index is 0.00287. The van der Waals surface area contributed by atoms with Gasteiger partial charge in [-0.3, -0.25) is 4.79 Å². The van der Waals surface area contributed by atoms with Gasteiger partial charge in [0.2, 0.25) is 5.43 Å². The maximum absolute atomic E-state index is 15.9. The highest BCUT2D eigenvalue weighted by Crippen LogP contribution is 2.60. The number of fused-ring (bicyclic) bond motifs is 1. The van der Waals surface area contributed by atoms with E-state index >= 15 is 4.39 Å². The Balaban J connectivity index is 1.61. The summed E-state index contributed by atoms with van der Waals surface area (Å²) >= 11 is 0. The molecule has 40 heavy (non-hydrogen) atoms. The molecule has 2 heterocycles. The highest BCUT2D eigenvalue weighted by molar-refractivity contribution is 6.38. The molecule has 0 radical (unpaired) electrons. The van der Waals surface area contributed by atoms with E-state index in [1.165, 1.54) is 11.7 Å². The Labute approximate surface area is 227 Å². The summed E-state index contributed by atoms with van der Waals surface area (Å²) in [5, 5.41) is 2.63. The van der Waals surface area contributed by atoms with Crippen molar-refractivity contribution >= 4 is 36.1 Å². The first-order chi connectivity index (χ1) is 18.6. The zero-order chi connectivity index (χ0) is 29.4. The summed E-state index contributed by atoms with van der Waals surface area (Å²) in [7, 11) is -2.21. The highest BCUT2D eigenvalue weighted by Gasteiger charge is 2.63. The van der Waals surface area contributed by atoms with Crippen LogP contribution in [0.15, 0.2) is 17.1 Å². The first-order valence-corrected chi connectivity index (χ1v) is 12.9. The maximum Gasteiger partial charge on any atom is 0.798 e. The number of hydrogen-bond acceptors (Lipinski definition) is 7. The van der Waals surface area contributed by atoms with Crippen molar-refractivity contribution in [2.75, 3.05) is 25.1 Å². The van der Waals surface area contributed by atoms with Crippen LogP contribution < -0.4 is 20.4 Å². The quantitative estimate of drug-likeness (QED) is 0.408. The molecule has 1 unspecified atom stereocenters. The number of halogens is 4. The molecule has 2 aromatic rings. The number of alkyl carbamates (subject to hydrolysis) is 1. The molecule has 2 saturated carbocycles. The number of methoxy groups -OCH3 is 1. The maximum atomic E-state index is 15.9. The molecule has 5 rings (SSSR count). The van der Waals surface area contributed by atoms with Crippen molar-refractivity contribution in [2.45, 2.75) is 70.3 Å². The molecule has 1 aliphatic heterocycles. The fourth-order valence-electron chi connectivity index (χ4n) is 5.79. The molecule has 3 atom stereocenters. The minimum Gasteiger partial charge on any atom is -0.492 e. The van der Waals surface area contributed by atoms with Crippen molar-refractivity contribution < 1.29 is 41.1 Å². The number of carbonyl (C=O) groups excluding carboxylic acids is 2. The van der Waals surface area contributed by atoms with Crippen molar-refractivity contribution in [2.24, 2.45) is 5.41 Å². The monoisotopic (exact) mass is 567 g/mol. The van der Waals surface area contributed by atoms with Gasteiger partial charge >= 0.3 is 19.5 Å². The number of ether oxygens (including phenoxy) is 2. The second kappa shape index (κ2) is 9.30. The number of alkyl halides is 1. The number of carbonyl (C=O) groups is 2. The Morgan fingerprint density at radius 1 is 1.20 bits per heavy atom. The lowest BCUT2D eigenvalue weighted by Gasteiger charge is -2.33. The van der Waals surface area contributed by atoms with E-state index in [1.54, 1.807) is 25.7 Å². The van der Waals surface area contributed by atoms with Gasteiger partial charge in [0.15, 0.2) is 11.6 Å². The minimum atomic E-state index is -3.48. The smallest absolute Gasteiger partial charge is 0.492 e. The number of aromatic nitrogens is 1.